The van der Waals surface area contributed by atoms with Gasteiger partial charge in [-0.1, -0.05) is 20.2 Å². The first-order valence-electron chi connectivity index (χ1n) is 1.97. The Labute approximate surface area is 48.9 Å². The summed E-state index contributed by atoms with van der Waals surface area (Å²) >= 11 is 5.38. The Kier molecular flexibility index (Phi) is 2.33. The summed E-state index contributed by atoms with van der Waals surface area (Å²) < 4.78 is 9.67. The molecule has 0 spiro atoms. The van der Waals surface area contributed by atoms with Crippen LogP contribution in [-0.4, -0.2) is 18.4 Å². The van der Waals surface area contributed by atoms with E-state index in [1.807, 2.05) is 0 Å². The van der Waals surface area contributed by atoms with Gasteiger partial charge in [-0.2, -0.15) is 0 Å². The van der Waals surface area contributed by atoms with Crippen LogP contribution in [0.3, 0.4) is 0 Å². The van der Waals surface area contributed by atoms with Crippen LogP contribution < -0.4 is 0 Å². The Morgan fingerprint density at radius 1 is 1.43 bits per heavy atom. The van der Waals surface area contributed by atoms with Gasteiger partial charge in [-0.05, 0) is 0 Å². The van der Waals surface area contributed by atoms with Gasteiger partial charge in [-0.15, -0.1) is 0 Å². The van der Waals surface area contributed by atoms with Gasteiger partial charge in [0.25, 0.3) is 0 Å². The van der Waals surface area contributed by atoms with Crippen molar-refractivity contribution in [3.8, 4) is 0 Å². The molecule has 0 amide bonds. The molecule has 1 heterocycles. The van der Waals surface area contributed by atoms with E-state index in [2.05, 4.69) is 0 Å². The summed E-state index contributed by atoms with van der Waals surface area (Å²) in [6, 6.07) is 0. The number of halogens is 1. The number of rotatable bonds is 0. The highest BCUT2D eigenvalue weighted by molar-refractivity contribution is 7.37. The topological polar surface area (TPSA) is 18.5 Å². The first-order chi connectivity index (χ1) is 3.39. The minimum Gasteiger partial charge on any atom is -0.335 e. The fourth-order valence-corrected chi connectivity index (χ4v) is 1.30. The lowest BCUT2D eigenvalue weighted by Crippen LogP contribution is -2.13. The number of hydrogen-bond donors (Lipinski definition) is 0. The van der Waals surface area contributed by atoms with E-state index in [4.69, 9.17) is 21.1 Å². The van der Waals surface area contributed by atoms with E-state index in [9.17, 15) is 0 Å². The maximum atomic E-state index is 5.38. The largest absolute Gasteiger partial charge is 0.335 e. The van der Waals surface area contributed by atoms with E-state index in [0.29, 0.717) is 0 Å². The van der Waals surface area contributed by atoms with Crippen molar-refractivity contribution < 1.29 is 9.47 Å². The molecule has 0 saturated carbocycles. The summed E-state index contributed by atoms with van der Waals surface area (Å²) in [7, 11) is 0.759. The molecule has 1 aliphatic rings. The van der Waals surface area contributed by atoms with Gasteiger partial charge in [-0.25, -0.2) is 0 Å². The highest BCUT2D eigenvalue weighted by atomic mass is 35.5. The fraction of sp³-hybridized carbons (Fsp3) is 1.00. The van der Waals surface area contributed by atoms with Crippen LogP contribution in [0.15, 0.2) is 0 Å². The molecule has 0 aromatic carbocycles. The van der Waals surface area contributed by atoms with Gasteiger partial charge >= 0.3 is 0 Å². The Morgan fingerprint density at radius 2 is 2.00 bits per heavy atom. The maximum absolute atomic E-state index is 5.38. The first kappa shape index (κ1) is 5.77. The zero-order valence-corrected chi connectivity index (χ0v) is 5.44. The Bertz CT molecular complexity index is 54.9. The standard InChI is InChI=1S/C3H6ClO2P/c4-3-5-1-7-2-6-3/h3,7H,1-2H2. The van der Waals surface area contributed by atoms with Crippen LogP contribution in [0, 0.1) is 0 Å². The van der Waals surface area contributed by atoms with Gasteiger partial charge < -0.3 is 9.47 Å². The van der Waals surface area contributed by atoms with Crippen LogP contribution in [0.1, 0.15) is 0 Å². The van der Waals surface area contributed by atoms with E-state index in [-0.39, 0.29) is 0 Å². The molecule has 7 heavy (non-hydrogen) atoms. The van der Waals surface area contributed by atoms with E-state index < -0.39 is 5.75 Å². The number of ether oxygens (including phenoxy) is 2. The molecule has 0 aliphatic carbocycles. The van der Waals surface area contributed by atoms with Crippen molar-refractivity contribution in [2.45, 2.75) is 5.75 Å². The summed E-state index contributed by atoms with van der Waals surface area (Å²) in [5.41, 5.74) is 0. The lowest BCUT2D eigenvalue weighted by atomic mass is 11.3. The summed E-state index contributed by atoms with van der Waals surface area (Å²) in [6.45, 7) is 0. The molecular weight excluding hydrogens is 134 g/mol. The monoisotopic (exact) mass is 140 g/mol. The van der Waals surface area contributed by atoms with Crippen molar-refractivity contribution in [2.75, 3.05) is 12.7 Å². The molecular formula is C3H6ClO2P. The molecule has 0 aromatic heterocycles. The Morgan fingerprint density at radius 3 is 2.29 bits per heavy atom. The molecule has 0 bridgehead atoms. The summed E-state index contributed by atoms with van der Waals surface area (Å²) in [5.74, 6) is -0.485. The average molecular weight is 141 g/mol. The van der Waals surface area contributed by atoms with E-state index in [1.54, 1.807) is 0 Å². The van der Waals surface area contributed by atoms with Gasteiger partial charge in [0, 0.05) is 0 Å². The summed E-state index contributed by atoms with van der Waals surface area (Å²) in [5, 5.41) is 0. The van der Waals surface area contributed by atoms with Crippen LogP contribution in [0.2, 0.25) is 0 Å². The fourth-order valence-electron chi connectivity index (χ4n) is 0.339. The molecule has 0 aromatic rings. The number of hydrogen-bond acceptors (Lipinski definition) is 2. The Balaban J connectivity index is 2.12. The van der Waals surface area contributed by atoms with Crippen molar-refractivity contribution >= 4 is 20.2 Å². The second kappa shape index (κ2) is 2.83. The molecule has 1 rings (SSSR count). The molecule has 4 heteroatoms. The smallest absolute Gasteiger partial charge is 0.237 e. The molecule has 42 valence electrons. The molecule has 0 atom stereocenters. The van der Waals surface area contributed by atoms with Gasteiger partial charge in [0.1, 0.15) is 0 Å². The normalized spacial score (nSPS) is 36.4. The molecule has 1 aliphatic heterocycles. The summed E-state index contributed by atoms with van der Waals surface area (Å²) in [6.07, 6.45) is 1.52. The lowest BCUT2D eigenvalue weighted by molar-refractivity contribution is -0.0685. The third-order valence-corrected chi connectivity index (χ3v) is 1.63. The van der Waals surface area contributed by atoms with Crippen molar-refractivity contribution in [3.05, 3.63) is 0 Å². The minimum absolute atomic E-state index is 0.485. The quantitative estimate of drug-likeness (QED) is 0.371. The third kappa shape index (κ3) is 1.92. The van der Waals surface area contributed by atoms with Crippen molar-refractivity contribution in [1.29, 1.82) is 0 Å². The summed E-state index contributed by atoms with van der Waals surface area (Å²) in [4.78, 5) is 0. The third-order valence-electron chi connectivity index (χ3n) is 0.633. The number of alkyl halides is 1. The zero-order chi connectivity index (χ0) is 5.11. The minimum atomic E-state index is -0.485. The van der Waals surface area contributed by atoms with Crippen LogP contribution in [0.4, 0.5) is 0 Å². The second-order valence-electron chi connectivity index (χ2n) is 1.15. The molecule has 0 N–H and O–H groups in total. The van der Waals surface area contributed by atoms with Crippen molar-refractivity contribution in [3.63, 3.8) is 0 Å². The molecule has 0 unspecified atom stereocenters. The molecule has 1 fully saturated rings. The predicted octanol–water partition coefficient (Wildman–Crippen LogP) is 1.15. The molecule has 0 radical (unpaired) electrons. The van der Waals surface area contributed by atoms with E-state index in [0.717, 1.165) is 21.3 Å². The highest BCUT2D eigenvalue weighted by Gasteiger charge is 2.07. The highest BCUT2D eigenvalue weighted by Crippen LogP contribution is 2.20. The van der Waals surface area contributed by atoms with Crippen LogP contribution in [-0.2, 0) is 9.47 Å². The van der Waals surface area contributed by atoms with Crippen LogP contribution in [0.25, 0.3) is 0 Å². The van der Waals surface area contributed by atoms with Gasteiger partial charge in [0.05, 0.1) is 12.7 Å². The average Bonchev–Trinajstić information content (AvgIpc) is 1.69. The zero-order valence-electron chi connectivity index (χ0n) is 3.69. The van der Waals surface area contributed by atoms with E-state index >= 15 is 0 Å². The van der Waals surface area contributed by atoms with Gasteiger partial charge in [-0.3, -0.25) is 0 Å². The van der Waals surface area contributed by atoms with Crippen LogP contribution in [0.5, 0.6) is 0 Å². The Hall–Kier alpha value is 0.640. The first-order valence-corrected chi connectivity index (χ1v) is 3.82. The SMILES string of the molecule is ClC1OCPCO1. The van der Waals surface area contributed by atoms with E-state index in [1.165, 1.54) is 0 Å². The lowest BCUT2D eigenvalue weighted by Gasteiger charge is -2.16. The maximum Gasteiger partial charge on any atom is 0.237 e. The molecule has 1 saturated heterocycles. The molecule has 2 nitrogen and oxygen atoms in total. The van der Waals surface area contributed by atoms with Gasteiger partial charge in [0.2, 0.25) is 5.75 Å². The predicted molar refractivity (Wildman–Crippen MR) is 29.9 cm³/mol. The van der Waals surface area contributed by atoms with Gasteiger partial charge in [0.15, 0.2) is 0 Å². The second-order valence-corrected chi connectivity index (χ2v) is 2.58. The van der Waals surface area contributed by atoms with Crippen molar-refractivity contribution in [2.24, 2.45) is 0 Å². The van der Waals surface area contributed by atoms with Crippen LogP contribution >= 0.6 is 20.2 Å². The van der Waals surface area contributed by atoms with Crippen molar-refractivity contribution in [1.82, 2.24) is 0 Å².